The minimum Gasteiger partial charge on any atom is -0.335 e. The van der Waals surface area contributed by atoms with Crippen LogP contribution in [0, 0.1) is 0 Å². The third kappa shape index (κ3) is 4.58. The molecule has 1 saturated heterocycles. The van der Waals surface area contributed by atoms with Crippen LogP contribution in [0.3, 0.4) is 0 Å². The van der Waals surface area contributed by atoms with Crippen LogP contribution >= 0.6 is 11.8 Å². The number of thioether (sulfide) groups is 1. The van der Waals surface area contributed by atoms with Crippen molar-refractivity contribution in [1.82, 2.24) is 15.1 Å². The van der Waals surface area contributed by atoms with Crippen LogP contribution in [0.2, 0.25) is 0 Å². The summed E-state index contributed by atoms with van der Waals surface area (Å²) >= 11 is 1.66. The van der Waals surface area contributed by atoms with Gasteiger partial charge in [-0.1, -0.05) is 30.3 Å². The molecule has 0 bridgehead atoms. The predicted octanol–water partition coefficient (Wildman–Crippen LogP) is 3.08. The fraction of sp³-hybridized carbons (Fsp3) is 0.300. The van der Waals surface area contributed by atoms with Crippen molar-refractivity contribution >= 4 is 23.7 Å². The molecule has 3 rings (SSSR count). The predicted molar refractivity (Wildman–Crippen MR) is 104 cm³/mol. The average Bonchev–Trinajstić information content (AvgIpc) is 2.72. The molecule has 0 spiro atoms. The third-order valence-corrected chi connectivity index (χ3v) is 5.22. The fourth-order valence-corrected chi connectivity index (χ4v) is 3.32. The van der Waals surface area contributed by atoms with E-state index in [0.717, 1.165) is 10.5 Å². The first-order valence-corrected chi connectivity index (χ1v) is 9.90. The van der Waals surface area contributed by atoms with Crippen molar-refractivity contribution in [3.8, 4) is 0 Å². The molecule has 136 valence electrons. The molecule has 26 heavy (non-hydrogen) atoms. The first-order chi connectivity index (χ1) is 12.7. The van der Waals surface area contributed by atoms with E-state index >= 15 is 0 Å². The molecule has 2 aromatic carbocycles. The Bertz CT molecular complexity index is 741. The van der Waals surface area contributed by atoms with Crippen molar-refractivity contribution in [2.24, 2.45) is 0 Å². The maximum Gasteiger partial charge on any atom is 0.317 e. The Balaban J connectivity index is 1.48. The van der Waals surface area contributed by atoms with Gasteiger partial charge in [0.05, 0.1) is 0 Å². The van der Waals surface area contributed by atoms with Gasteiger partial charge in [0.1, 0.15) is 0 Å². The van der Waals surface area contributed by atoms with Crippen LogP contribution in [0.5, 0.6) is 0 Å². The maximum atomic E-state index is 12.6. The van der Waals surface area contributed by atoms with Crippen LogP contribution in [0.4, 0.5) is 4.79 Å². The second-order valence-electron chi connectivity index (χ2n) is 6.15. The molecule has 5 nitrogen and oxygen atoms in total. The van der Waals surface area contributed by atoms with Gasteiger partial charge < -0.3 is 15.1 Å². The first kappa shape index (κ1) is 18.3. The van der Waals surface area contributed by atoms with Gasteiger partial charge in [0, 0.05) is 43.2 Å². The summed E-state index contributed by atoms with van der Waals surface area (Å²) in [4.78, 5) is 29.6. The number of hydrogen-bond donors (Lipinski definition) is 1. The summed E-state index contributed by atoms with van der Waals surface area (Å²) < 4.78 is 0. The zero-order valence-electron chi connectivity index (χ0n) is 14.9. The fourth-order valence-electron chi connectivity index (χ4n) is 2.91. The molecule has 0 atom stereocenters. The number of amides is 3. The van der Waals surface area contributed by atoms with Gasteiger partial charge in [0.15, 0.2) is 0 Å². The van der Waals surface area contributed by atoms with E-state index in [1.165, 1.54) is 0 Å². The molecule has 0 aliphatic carbocycles. The normalized spacial score (nSPS) is 14.2. The highest BCUT2D eigenvalue weighted by Crippen LogP contribution is 2.16. The summed E-state index contributed by atoms with van der Waals surface area (Å²) in [5.41, 5.74) is 1.77. The first-order valence-electron chi connectivity index (χ1n) is 8.67. The number of piperazine rings is 1. The van der Waals surface area contributed by atoms with Crippen LogP contribution in [0.15, 0.2) is 59.5 Å². The number of benzene rings is 2. The molecule has 1 aliphatic heterocycles. The Labute approximate surface area is 158 Å². The molecular formula is C20H23N3O2S. The topological polar surface area (TPSA) is 52.7 Å². The van der Waals surface area contributed by atoms with E-state index in [1.54, 1.807) is 16.7 Å². The highest BCUT2D eigenvalue weighted by molar-refractivity contribution is 7.98. The quantitative estimate of drug-likeness (QED) is 0.843. The number of nitrogens with one attached hydrogen (secondary N) is 1. The molecule has 0 saturated carbocycles. The highest BCUT2D eigenvalue weighted by atomic mass is 32.2. The molecule has 0 aromatic heterocycles. The van der Waals surface area contributed by atoms with Gasteiger partial charge in [-0.25, -0.2) is 4.79 Å². The molecule has 1 N–H and O–H groups in total. The lowest BCUT2D eigenvalue weighted by Crippen LogP contribution is -2.53. The van der Waals surface area contributed by atoms with Gasteiger partial charge in [-0.3, -0.25) is 4.79 Å². The van der Waals surface area contributed by atoms with Crippen molar-refractivity contribution in [3.63, 3.8) is 0 Å². The minimum atomic E-state index is -0.0784. The van der Waals surface area contributed by atoms with Gasteiger partial charge in [-0.05, 0) is 36.1 Å². The van der Waals surface area contributed by atoms with E-state index in [-0.39, 0.29) is 11.9 Å². The lowest BCUT2D eigenvalue weighted by molar-refractivity contribution is 0.0665. The molecular weight excluding hydrogens is 346 g/mol. The molecule has 0 radical (unpaired) electrons. The number of carbonyl (C=O) groups excluding carboxylic acids is 2. The number of nitrogens with zero attached hydrogens (tertiary/aromatic N) is 2. The van der Waals surface area contributed by atoms with E-state index in [2.05, 4.69) is 5.32 Å². The second-order valence-corrected chi connectivity index (χ2v) is 7.03. The van der Waals surface area contributed by atoms with Crippen LogP contribution < -0.4 is 5.32 Å². The molecule has 1 fully saturated rings. The van der Waals surface area contributed by atoms with Crippen molar-refractivity contribution in [1.29, 1.82) is 0 Å². The van der Waals surface area contributed by atoms with Crippen molar-refractivity contribution in [2.75, 3.05) is 32.4 Å². The lowest BCUT2D eigenvalue weighted by atomic mass is 10.2. The Morgan fingerprint density at radius 1 is 0.923 bits per heavy atom. The Morgan fingerprint density at radius 3 is 2.15 bits per heavy atom. The zero-order chi connectivity index (χ0) is 18.4. The zero-order valence-corrected chi connectivity index (χ0v) is 15.7. The summed E-state index contributed by atoms with van der Waals surface area (Å²) in [7, 11) is 0. The maximum absolute atomic E-state index is 12.6. The van der Waals surface area contributed by atoms with E-state index < -0.39 is 0 Å². The Kier molecular flexibility index (Phi) is 6.17. The summed E-state index contributed by atoms with van der Waals surface area (Å²) in [6.07, 6.45) is 2.01. The van der Waals surface area contributed by atoms with Gasteiger partial charge >= 0.3 is 6.03 Å². The highest BCUT2D eigenvalue weighted by Gasteiger charge is 2.24. The minimum absolute atomic E-state index is 0.0296. The molecule has 1 aliphatic rings. The van der Waals surface area contributed by atoms with Gasteiger partial charge in [-0.15, -0.1) is 11.8 Å². The summed E-state index contributed by atoms with van der Waals surface area (Å²) in [6, 6.07) is 17.4. The Hall–Kier alpha value is -2.47. The van der Waals surface area contributed by atoms with E-state index in [4.69, 9.17) is 0 Å². The summed E-state index contributed by atoms with van der Waals surface area (Å²) in [6.45, 7) is 2.73. The second kappa shape index (κ2) is 8.76. The van der Waals surface area contributed by atoms with E-state index in [1.807, 2.05) is 65.8 Å². The SMILES string of the molecule is CSc1ccc(C(=O)N2CCN(C(=O)NCc3ccccc3)CC2)cc1. The van der Waals surface area contributed by atoms with Crippen LogP contribution in [-0.4, -0.2) is 54.2 Å². The number of rotatable bonds is 4. The number of carbonyl (C=O) groups is 2. The monoisotopic (exact) mass is 369 g/mol. The lowest BCUT2D eigenvalue weighted by Gasteiger charge is -2.34. The number of urea groups is 1. The molecule has 6 heteroatoms. The van der Waals surface area contributed by atoms with Crippen molar-refractivity contribution < 1.29 is 9.59 Å². The van der Waals surface area contributed by atoms with Crippen molar-refractivity contribution in [2.45, 2.75) is 11.4 Å². The van der Waals surface area contributed by atoms with Crippen LogP contribution in [-0.2, 0) is 6.54 Å². The smallest absolute Gasteiger partial charge is 0.317 e. The largest absolute Gasteiger partial charge is 0.335 e. The summed E-state index contributed by atoms with van der Waals surface area (Å²) in [5, 5.41) is 2.94. The van der Waals surface area contributed by atoms with Gasteiger partial charge in [-0.2, -0.15) is 0 Å². The molecule has 3 amide bonds. The van der Waals surface area contributed by atoms with Crippen LogP contribution in [0.25, 0.3) is 0 Å². The van der Waals surface area contributed by atoms with E-state index in [0.29, 0.717) is 38.3 Å². The summed E-state index contributed by atoms with van der Waals surface area (Å²) in [5.74, 6) is 0.0296. The molecule has 1 heterocycles. The van der Waals surface area contributed by atoms with E-state index in [9.17, 15) is 9.59 Å². The Morgan fingerprint density at radius 2 is 1.54 bits per heavy atom. The average molecular weight is 369 g/mol. The van der Waals surface area contributed by atoms with Crippen molar-refractivity contribution in [3.05, 3.63) is 65.7 Å². The number of hydrogen-bond acceptors (Lipinski definition) is 3. The molecule has 0 unspecified atom stereocenters. The van der Waals surface area contributed by atoms with Gasteiger partial charge in [0.25, 0.3) is 5.91 Å². The standard InChI is InChI=1S/C20H23N3O2S/c1-26-18-9-7-17(8-10-18)19(24)22-11-13-23(14-12-22)20(25)21-15-16-5-3-2-4-6-16/h2-10H,11-15H2,1H3,(H,21,25). The van der Waals surface area contributed by atoms with Gasteiger partial charge in [0.2, 0.25) is 0 Å². The molecule has 2 aromatic rings. The van der Waals surface area contributed by atoms with Crippen LogP contribution in [0.1, 0.15) is 15.9 Å². The third-order valence-electron chi connectivity index (χ3n) is 4.48.